The van der Waals surface area contributed by atoms with Crippen LogP contribution in [-0.4, -0.2) is 24.5 Å². The second-order valence-corrected chi connectivity index (χ2v) is 4.91. The fourth-order valence-corrected chi connectivity index (χ4v) is 1.90. The quantitative estimate of drug-likeness (QED) is 0.647. The van der Waals surface area contributed by atoms with E-state index in [1.807, 2.05) is 0 Å². The fraction of sp³-hybridized carbons (Fsp3) is 1.00. The van der Waals surface area contributed by atoms with E-state index < -0.39 is 0 Å². The molecule has 0 aromatic heterocycles. The van der Waals surface area contributed by atoms with Gasteiger partial charge in [-0.2, -0.15) is 0 Å². The highest BCUT2D eigenvalue weighted by molar-refractivity contribution is 4.66. The van der Waals surface area contributed by atoms with E-state index in [1.165, 1.54) is 45.3 Å². The van der Waals surface area contributed by atoms with Crippen LogP contribution in [0.2, 0.25) is 0 Å². The highest BCUT2D eigenvalue weighted by Gasteiger charge is 2.12. The van der Waals surface area contributed by atoms with Gasteiger partial charge in [-0.05, 0) is 50.7 Å². The van der Waals surface area contributed by atoms with E-state index in [2.05, 4.69) is 25.7 Å². The standard InChI is InChI=1S/C12H25N/c1-11(2)12(3)7-10-13-8-5-4-6-9-13/h11-12H,4-10H2,1-3H3/t12-/m1/s1. The average molecular weight is 183 g/mol. The summed E-state index contributed by atoms with van der Waals surface area (Å²) in [6.45, 7) is 11.1. The lowest BCUT2D eigenvalue weighted by Gasteiger charge is -2.28. The maximum Gasteiger partial charge on any atom is -0.00161 e. The van der Waals surface area contributed by atoms with Crippen molar-refractivity contribution >= 4 is 0 Å². The van der Waals surface area contributed by atoms with Gasteiger partial charge in [-0.15, -0.1) is 0 Å². The molecule has 1 saturated heterocycles. The van der Waals surface area contributed by atoms with Gasteiger partial charge in [0.05, 0.1) is 0 Å². The molecule has 1 aliphatic rings. The van der Waals surface area contributed by atoms with Crippen LogP contribution in [0.3, 0.4) is 0 Å². The van der Waals surface area contributed by atoms with Gasteiger partial charge < -0.3 is 4.90 Å². The number of hydrogen-bond donors (Lipinski definition) is 0. The number of likely N-dealkylation sites (tertiary alicyclic amines) is 1. The topological polar surface area (TPSA) is 3.24 Å². The predicted octanol–water partition coefficient (Wildman–Crippen LogP) is 3.15. The minimum absolute atomic E-state index is 0.852. The Balaban J connectivity index is 2.10. The van der Waals surface area contributed by atoms with Crippen molar-refractivity contribution in [3.8, 4) is 0 Å². The van der Waals surface area contributed by atoms with Gasteiger partial charge in [0.15, 0.2) is 0 Å². The lowest BCUT2D eigenvalue weighted by Crippen LogP contribution is -2.31. The first kappa shape index (κ1) is 11.0. The van der Waals surface area contributed by atoms with E-state index in [0.29, 0.717) is 0 Å². The number of nitrogens with zero attached hydrogens (tertiary/aromatic N) is 1. The molecule has 1 heteroatoms. The van der Waals surface area contributed by atoms with Gasteiger partial charge in [0.2, 0.25) is 0 Å². The van der Waals surface area contributed by atoms with Gasteiger partial charge in [-0.1, -0.05) is 27.2 Å². The summed E-state index contributed by atoms with van der Waals surface area (Å²) in [6.07, 6.45) is 5.69. The molecular formula is C12H25N. The molecule has 13 heavy (non-hydrogen) atoms. The molecule has 1 rings (SSSR count). The largest absolute Gasteiger partial charge is 0.303 e. The zero-order valence-corrected chi connectivity index (χ0v) is 9.55. The molecule has 0 saturated carbocycles. The van der Waals surface area contributed by atoms with Crippen LogP contribution in [0, 0.1) is 11.8 Å². The van der Waals surface area contributed by atoms with Crippen LogP contribution in [-0.2, 0) is 0 Å². The summed E-state index contributed by atoms with van der Waals surface area (Å²) in [5, 5.41) is 0. The lowest BCUT2D eigenvalue weighted by atomic mass is 9.94. The number of piperidine rings is 1. The summed E-state index contributed by atoms with van der Waals surface area (Å²) in [6, 6.07) is 0. The molecule has 0 radical (unpaired) electrons. The molecule has 0 spiro atoms. The summed E-state index contributed by atoms with van der Waals surface area (Å²) in [5.74, 6) is 1.74. The van der Waals surface area contributed by atoms with Crippen molar-refractivity contribution in [2.45, 2.75) is 46.5 Å². The third-order valence-corrected chi connectivity index (χ3v) is 3.49. The van der Waals surface area contributed by atoms with Crippen LogP contribution in [0.5, 0.6) is 0 Å². The molecule has 0 aliphatic carbocycles. The Morgan fingerprint density at radius 2 is 1.62 bits per heavy atom. The Bertz CT molecular complexity index is 125. The Hall–Kier alpha value is -0.0400. The highest BCUT2D eigenvalue weighted by atomic mass is 15.1. The molecule has 0 N–H and O–H groups in total. The molecule has 0 unspecified atom stereocenters. The van der Waals surface area contributed by atoms with Crippen molar-refractivity contribution in [1.29, 1.82) is 0 Å². The lowest BCUT2D eigenvalue weighted by molar-refractivity contribution is 0.206. The molecule has 0 aromatic rings. The monoisotopic (exact) mass is 183 g/mol. The maximum atomic E-state index is 2.64. The molecule has 1 nitrogen and oxygen atoms in total. The Labute approximate surface area is 83.5 Å². The van der Waals surface area contributed by atoms with Crippen molar-refractivity contribution in [3.63, 3.8) is 0 Å². The number of rotatable bonds is 4. The second-order valence-electron chi connectivity index (χ2n) is 4.91. The van der Waals surface area contributed by atoms with Gasteiger partial charge in [0.1, 0.15) is 0 Å². The van der Waals surface area contributed by atoms with Crippen LogP contribution in [0.1, 0.15) is 46.5 Å². The zero-order valence-electron chi connectivity index (χ0n) is 9.55. The van der Waals surface area contributed by atoms with Gasteiger partial charge >= 0.3 is 0 Å². The summed E-state index contributed by atoms with van der Waals surface area (Å²) >= 11 is 0. The van der Waals surface area contributed by atoms with E-state index in [-0.39, 0.29) is 0 Å². The molecule has 1 atom stereocenters. The zero-order chi connectivity index (χ0) is 9.68. The minimum atomic E-state index is 0.852. The predicted molar refractivity (Wildman–Crippen MR) is 58.9 cm³/mol. The van der Waals surface area contributed by atoms with E-state index in [1.54, 1.807) is 0 Å². The summed E-state index contributed by atoms with van der Waals surface area (Å²) in [7, 11) is 0. The number of hydrogen-bond acceptors (Lipinski definition) is 1. The van der Waals surface area contributed by atoms with Gasteiger partial charge in [0, 0.05) is 0 Å². The first-order valence-corrected chi connectivity index (χ1v) is 5.92. The molecule has 1 fully saturated rings. The summed E-state index contributed by atoms with van der Waals surface area (Å²) < 4.78 is 0. The Morgan fingerprint density at radius 1 is 1.00 bits per heavy atom. The molecule has 1 heterocycles. The van der Waals surface area contributed by atoms with Gasteiger partial charge in [-0.25, -0.2) is 0 Å². The first-order valence-electron chi connectivity index (χ1n) is 5.92. The molecule has 0 bridgehead atoms. The smallest absolute Gasteiger partial charge is 0.00161 e. The van der Waals surface area contributed by atoms with Gasteiger partial charge in [-0.3, -0.25) is 0 Å². The third kappa shape index (κ3) is 4.12. The molecule has 0 aromatic carbocycles. The van der Waals surface area contributed by atoms with Crippen LogP contribution in [0.4, 0.5) is 0 Å². The van der Waals surface area contributed by atoms with Crippen molar-refractivity contribution in [1.82, 2.24) is 4.90 Å². The summed E-state index contributed by atoms with van der Waals surface area (Å²) in [4.78, 5) is 2.64. The maximum absolute atomic E-state index is 2.64. The SMILES string of the molecule is CC(C)[C@H](C)CCN1CCCCC1. The van der Waals surface area contributed by atoms with E-state index in [4.69, 9.17) is 0 Å². The molecular weight excluding hydrogens is 158 g/mol. The average Bonchev–Trinajstić information content (AvgIpc) is 2.15. The molecule has 1 aliphatic heterocycles. The summed E-state index contributed by atoms with van der Waals surface area (Å²) in [5.41, 5.74) is 0. The van der Waals surface area contributed by atoms with Crippen LogP contribution >= 0.6 is 0 Å². The molecule has 0 amide bonds. The molecule has 78 valence electrons. The van der Waals surface area contributed by atoms with Crippen molar-refractivity contribution in [2.75, 3.05) is 19.6 Å². The van der Waals surface area contributed by atoms with Crippen LogP contribution < -0.4 is 0 Å². The van der Waals surface area contributed by atoms with E-state index in [9.17, 15) is 0 Å². The Kier molecular flexibility index (Phi) is 4.79. The van der Waals surface area contributed by atoms with Gasteiger partial charge in [0.25, 0.3) is 0 Å². The van der Waals surface area contributed by atoms with Crippen molar-refractivity contribution in [3.05, 3.63) is 0 Å². The Morgan fingerprint density at radius 3 is 2.15 bits per heavy atom. The minimum Gasteiger partial charge on any atom is -0.303 e. The van der Waals surface area contributed by atoms with Crippen LogP contribution in [0.25, 0.3) is 0 Å². The van der Waals surface area contributed by atoms with E-state index in [0.717, 1.165) is 11.8 Å². The van der Waals surface area contributed by atoms with E-state index >= 15 is 0 Å². The second kappa shape index (κ2) is 5.64. The fourth-order valence-electron chi connectivity index (χ4n) is 1.90. The third-order valence-electron chi connectivity index (χ3n) is 3.49. The normalized spacial score (nSPS) is 22.2. The van der Waals surface area contributed by atoms with Crippen molar-refractivity contribution < 1.29 is 0 Å². The highest BCUT2D eigenvalue weighted by Crippen LogP contribution is 2.16. The van der Waals surface area contributed by atoms with Crippen molar-refractivity contribution in [2.24, 2.45) is 11.8 Å². The van der Waals surface area contributed by atoms with Crippen LogP contribution in [0.15, 0.2) is 0 Å². The first-order chi connectivity index (χ1) is 6.20.